The minimum atomic E-state index is -0.477. The smallest absolute Gasteiger partial charge is 0.0173 e. The molecule has 57 heavy (non-hydrogen) atoms. The first-order valence-corrected chi connectivity index (χ1v) is 21.4. The van der Waals surface area contributed by atoms with Gasteiger partial charge in [-0.1, -0.05) is 76.5 Å². The maximum absolute atomic E-state index is 2.31. The number of hydrogen-bond donors (Lipinski definition) is 0. The van der Waals surface area contributed by atoms with Crippen LogP contribution in [0.2, 0.25) is 0 Å². The van der Waals surface area contributed by atoms with Gasteiger partial charge in [-0.15, -0.1) is 0 Å². The molecule has 0 spiro atoms. The quantitative estimate of drug-likeness (QED) is 0.173. The first kappa shape index (κ1) is 53.9. The van der Waals surface area contributed by atoms with Crippen molar-refractivity contribution < 1.29 is 51.2 Å². The van der Waals surface area contributed by atoms with Gasteiger partial charge in [0.2, 0.25) is 0 Å². The molecular weight excluding hydrogens is 858 g/mol. The Morgan fingerprint density at radius 2 is 0.632 bits per heavy atom. The maximum atomic E-state index is 2.31. The van der Waals surface area contributed by atoms with Crippen molar-refractivity contribution in [2.45, 2.75) is 25.9 Å². The molecule has 6 aliphatic carbocycles. The minimum absolute atomic E-state index is 0. The molecule has 0 N–H and O–H groups in total. The van der Waals surface area contributed by atoms with Gasteiger partial charge in [-0.25, -0.2) is 0 Å². The van der Waals surface area contributed by atoms with Gasteiger partial charge in [0.1, 0.15) is 0 Å². The van der Waals surface area contributed by atoms with Crippen LogP contribution >= 0.6 is 15.8 Å². The van der Waals surface area contributed by atoms with Gasteiger partial charge in [0.25, 0.3) is 0 Å². The summed E-state index contributed by atoms with van der Waals surface area (Å²) in [5, 5.41) is 2.84. The molecule has 7 heteroatoms. The SMILES string of the molecule is C[C@H]([C]1[CH][CH][CH][C]1[P@]([C]1[CH][CH][CH][CH]1)c1ccccc1)N(C)C.C[C@H]([C]1[CH][CH][CH][C]1[P@]([C]1[CH][CH][CH][CH]1)c1ccccc1)N(C)C.[CH]1[CH][CH][CH][CH]1.[CH]1[CH][CH][CH][CH]1.[Fe].[Fe].[Fe]. The monoisotopic (exact) mass is 912 g/mol. The molecule has 30 radical (unpaired) electrons. The summed E-state index contributed by atoms with van der Waals surface area (Å²) >= 11 is 0. The fourth-order valence-corrected chi connectivity index (χ4v) is 11.3. The molecule has 6 saturated carbocycles. The van der Waals surface area contributed by atoms with Gasteiger partial charge in [0, 0.05) is 97.8 Å². The van der Waals surface area contributed by atoms with Crippen molar-refractivity contribution in [3.05, 3.63) is 249 Å². The molecule has 0 aliphatic heterocycles. The molecule has 8 rings (SSSR count). The van der Waals surface area contributed by atoms with Crippen LogP contribution in [0, 0.1) is 189 Å². The summed E-state index contributed by atoms with van der Waals surface area (Å²) in [5.74, 6) is 2.89. The van der Waals surface area contributed by atoms with Gasteiger partial charge >= 0.3 is 0 Å². The van der Waals surface area contributed by atoms with E-state index < -0.39 is 15.8 Å². The van der Waals surface area contributed by atoms with Gasteiger partial charge in [0.05, 0.1) is 0 Å². The number of hydrogen-bond acceptors (Lipinski definition) is 2. The fourth-order valence-electron chi connectivity index (χ4n) is 6.20. The van der Waals surface area contributed by atoms with E-state index in [4.69, 9.17) is 0 Å². The van der Waals surface area contributed by atoms with Crippen LogP contribution < -0.4 is 10.6 Å². The Balaban J connectivity index is 0.000000302. The van der Waals surface area contributed by atoms with E-state index in [-0.39, 0.29) is 51.2 Å². The second kappa shape index (κ2) is 30.0. The Morgan fingerprint density at radius 1 is 0.351 bits per heavy atom. The summed E-state index contributed by atoms with van der Waals surface area (Å²) in [4.78, 5) is 4.56. The predicted octanol–water partition coefficient (Wildman–Crippen LogP) is 9.71. The van der Waals surface area contributed by atoms with Gasteiger partial charge in [-0.2, -0.15) is 0 Å². The van der Waals surface area contributed by atoms with Crippen molar-refractivity contribution in [1.82, 2.24) is 9.80 Å². The Hall–Kier alpha value is 0.778. The van der Waals surface area contributed by atoms with E-state index in [0.29, 0.717) is 12.1 Å². The van der Waals surface area contributed by atoms with E-state index in [1.54, 1.807) is 0 Å². The van der Waals surface area contributed by atoms with Gasteiger partial charge < -0.3 is 9.80 Å². The second-order valence-electron chi connectivity index (χ2n) is 13.6. The molecule has 4 atom stereocenters. The van der Waals surface area contributed by atoms with Crippen molar-refractivity contribution in [2.75, 3.05) is 28.2 Å². The summed E-state index contributed by atoms with van der Waals surface area (Å²) in [6.07, 6.45) is 51.2. The molecule has 2 nitrogen and oxygen atoms in total. The van der Waals surface area contributed by atoms with Crippen LogP contribution in [0.25, 0.3) is 0 Å². The van der Waals surface area contributed by atoms with Crippen LogP contribution in [-0.4, -0.2) is 50.1 Å². The maximum Gasteiger partial charge on any atom is 0.0173 e. The van der Waals surface area contributed by atoms with Crippen molar-refractivity contribution in [1.29, 1.82) is 0 Å². The average Bonchev–Trinajstić information content (AvgIpc) is 4.05. The molecule has 0 aromatic heterocycles. The largest absolute Gasteiger partial charge is 0.306 e. The Bertz CT molecular complexity index is 1140. The summed E-state index contributed by atoms with van der Waals surface area (Å²) in [6.45, 7) is 4.56. The summed E-state index contributed by atoms with van der Waals surface area (Å²) in [7, 11) is 7.64. The van der Waals surface area contributed by atoms with Crippen LogP contribution in [0.1, 0.15) is 13.8 Å². The molecule has 2 aromatic carbocycles. The van der Waals surface area contributed by atoms with E-state index >= 15 is 0 Å². The van der Waals surface area contributed by atoms with Crippen LogP contribution in [0.4, 0.5) is 0 Å². The standard InChI is InChI=1S/2C20H22NP.2C5H5.3Fe/c2*1-16(21(2)3)19-14-9-15-20(19)22(18-12-7-8-13-18)17-10-5-4-6-11-17;2*1-2-4-5-3-1;;;/h2*4-16H,1-3H3;2*1-5H;;;/t2*16-,22+;;;;;/m11...../s1. The molecule has 0 saturated heterocycles. The minimum Gasteiger partial charge on any atom is -0.306 e. The molecule has 0 heterocycles. The molecular formula is C50H54Fe3N2P2. The summed E-state index contributed by atoms with van der Waals surface area (Å²) in [5.41, 5.74) is 5.82. The van der Waals surface area contributed by atoms with E-state index in [1.165, 1.54) is 45.1 Å². The zero-order chi connectivity index (χ0) is 38.1. The third-order valence-corrected chi connectivity index (χ3v) is 14.6. The molecule has 2 aromatic rings. The van der Waals surface area contributed by atoms with E-state index in [1.807, 2.05) is 64.2 Å². The number of nitrogens with zero attached hydrogens (tertiary/aromatic N) is 2. The third-order valence-electron chi connectivity index (χ3n) is 9.53. The first-order chi connectivity index (χ1) is 26.4. The van der Waals surface area contributed by atoms with Crippen LogP contribution in [-0.2, 0) is 51.2 Å². The summed E-state index contributed by atoms with van der Waals surface area (Å²) in [6, 6.07) is 22.7. The normalized spacial score (nSPS) is 22.9. The zero-order valence-electron chi connectivity index (χ0n) is 33.6. The van der Waals surface area contributed by atoms with Crippen LogP contribution in [0.5, 0.6) is 0 Å². The van der Waals surface area contributed by atoms with E-state index in [2.05, 4.69) is 202 Å². The third kappa shape index (κ3) is 16.8. The van der Waals surface area contributed by atoms with Crippen molar-refractivity contribution in [3.8, 4) is 0 Å². The van der Waals surface area contributed by atoms with E-state index in [0.717, 1.165) is 0 Å². The molecule has 0 amide bonds. The zero-order valence-corrected chi connectivity index (χ0v) is 38.7. The Kier molecular flexibility index (Phi) is 28.3. The molecule has 6 fully saturated rings. The molecule has 6 aliphatic rings. The van der Waals surface area contributed by atoms with Gasteiger partial charge in [-0.05, 0) is 207 Å². The Morgan fingerprint density at radius 3 is 0.895 bits per heavy atom. The van der Waals surface area contributed by atoms with Crippen molar-refractivity contribution >= 4 is 26.5 Å². The first-order valence-electron chi connectivity index (χ1n) is 18.7. The topological polar surface area (TPSA) is 6.48 Å². The van der Waals surface area contributed by atoms with Crippen molar-refractivity contribution in [3.63, 3.8) is 0 Å². The molecule has 0 unspecified atom stereocenters. The summed E-state index contributed by atoms with van der Waals surface area (Å²) < 4.78 is 0. The number of rotatable bonds is 10. The Labute approximate surface area is 388 Å². The van der Waals surface area contributed by atoms with Crippen molar-refractivity contribution in [2.24, 2.45) is 0 Å². The second-order valence-corrected chi connectivity index (χ2v) is 17.9. The number of benzene rings is 2. The van der Waals surface area contributed by atoms with Crippen LogP contribution in [0.15, 0.2) is 60.7 Å². The fraction of sp³-hybridized carbons (Fsp3) is 0.160. The molecule has 298 valence electrons. The van der Waals surface area contributed by atoms with Gasteiger partial charge in [0.15, 0.2) is 0 Å². The van der Waals surface area contributed by atoms with Crippen LogP contribution in [0.3, 0.4) is 0 Å². The predicted molar refractivity (Wildman–Crippen MR) is 235 cm³/mol. The van der Waals surface area contributed by atoms with E-state index in [9.17, 15) is 0 Å². The average molecular weight is 912 g/mol. The van der Waals surface area contributed by atoms with Gasteiger partial charge in [-0.3, -0.25) is 0 Å². The molecule has 0 bridgehead atoms.